The maximum atomic E-state index is 11.1. The highest BCUT2D eigenvalue weighted by molar-refractivity contribution is 14.1. The summed E-state index contributed by atoms with van der Waals surface area (Å²) in [6.45, 7) is 5.25. The van der Waals surface area contributed by atoms with Gasteiger partial charge in [0.25, 0.3) is 0 Å². The van der Waals surface area contributed by atoms with E-state index < -0.39 is 0 Å². The number of carbonyl (C=O) groups is 1. The van der Waals surface area contributed by atoms with Crippen LogP contribution in [0.3, 0.4) is 0 Å². The Bertz CT molecular complexity index is 259. The number of nitrogens with zero attached hydrogens (tertiary/aromatic N) is 1. The quantitative estimate of drug-likeness (QED) is 0.336. The minimum atomic E-state index is -0.100. The first kappa shape index (κ1) is 12.5. The average Bonchev–Trinajstić information content (AvgIpc) is 2.15. The number of hydrogen-bond donors (Lipinski definition) is 0. The van der Waals surface area contributed by atoms with Gasteiger partial charge in [-0.25, -0.2) is 0 Å². The molecule has 1 saturated heterocycles. The number of hydrogen-bond acceptors (Lipinski definition) is 3. The molecule has 0 radical (unpaired) electrons. The van der Waals surface area contributed by atoms with Gasteiger partial charge >= 0.3 is 5.97 Å². The van der Waals surface area contributed by atoms with Gasteiger partial charge in [0.2, 0.25) is 0 Å². The lowest BCUT2D eigenvalue weighted by atomic mass is 10.0. The number of alkyl halides is 1. The molecule has 15 heavy (non-hydrogen) atoms. The molecule has 0 amide bonds. The van der Waals surface area contributed by atoms with Gasteiger partial charge in [-0.15, -0.1) is 6.58 Å². The van der Waals surface area contributed by atoms with E-state index in [1.807, 2.05) is 6.08 Å². The average molecular weight is 321 g/mol. The van der Waals surface area contributed by atoms with Crippen LogP contribution in [0.4, 0.5) is 0 Å². The van der Waals surface area contributed by atoms with E-state index in [-0.39, 0.29) is 11.9 Å². The van der Waals surface area contributed by atoms with Gasteiger partial charge in [-0.3, -0.25) is 4.79 Å². The van der Waals surface area contributed by atoms with Crippen LogP contribution in [0.1, 0.15) is 6.42 Å². The maximum absolute atomic E-state index is 11.1. The Morgan fingerprint density at radius 3 is 2.93 bits per heavy atom. The summed E-state index contributed by atoms with van der Waals surface area (Å²) in [4.78, 5) is 13.2. The fourth-order valence-corrected chi connectivity index (χ4v) is 1.95. The molecule has 0 spiro atoms. The van der Waals surface area contributed by atoms with Crippen LogP contribution >= 0.6 is 22.6 Å². The first-order valence-electron chi connectivity index (χ1n) is 4.92. The largest absolute Gasteiger partial charge is 0.469 e. The number of allylic oxidation sites excluding steroid dienone is 2. The standard InChI is InChI=1S/C11H16INO2/c1-3-4-10(12)5-6-13-7-9(8-13)11(14)15-2/h3,5-6,9-10H,1,4,7-8H2,2H3/b6-5+. The van der Waals surface area contributed by atoms with Crippen molar-refractivity contribution in [2.75, 3.05) is 20.2 Å². The van der Waals surface area contributed by atoms with Gasteiger partial charge in [-0.1, -0.05) is 34.7 Å². The molecule has 0 aliphatic carbocycles. The fraction of sp³-hybridized carbons (Fsp3) is 0.545. The van der Waals surface area contributed by atoms with E-state index in [1.165, 1.54) is 7.11 Å². The molecule has 0 aromatic carbocycles. The molecule has 0 aromatic rings. The summed E-state index contributed by atoms with van der Waals surface area (Å²) in [6, 6.07) is 0. The Kier molecular flexibility index (Phi) is 5.14. The molecule has 1 rings (SSSR count). The second-order valence-electron chi connectivity index (χ2n) is 3.56. The van der Waals surface area contributed by atoms with Gasteiger partial charge in [0.05, 0.1) is 13.0 Å². The van der Waals surface area contributed by atoms with E-state index >= 15 is 0 Å². The predicted octanol–water partition coefficient (Wildman–Crippen LogP) is 1.98. The van der Waals surface area contributed by atoms with Crippen LogP contribution in [0, 0.1) is 5.92 Å². The smallest absolute Gasteiger partial charge is 0.312 e. The number of carbonyl (C=O) groups excluding carboxylic acids is 1. The number of esters is 1. The van der Waals surface area contributed by atoms with E-state index in [9.17, 15) is 4.79 Å². The van der Waals surface area contributed by atoms with E-state index in [4.69, 9.17) is 0 Å². The van der Waals surface area contributed by atoms with Crippen molar-refractivity contribution >= 4 is 28.6 Å². The molecule has 0 N–H and O–H groups in total. The predicted molar refractivity (Wildman–Crippen MR) is 68.8 cm³/mol. The van der Waals surface area contributed by atoms with E-state index in [1.54, 1.807) is 0 Å². The van der Waals surface area contributed by atoms with Gasteiger partial charge in [0, 0.05) is 17.0 Å². The Balaban J connectivity index is 2.22. The summed E-state index contributed by atoms with van der Waals surface area (Å²) in [5, 5.41) is 0. The third kappa shape index (κ3) is 3.85. The minimum Gasteiger partial charge on any atom is -0.469 e. The van der Waals surface area contributed by atoms with Crippen molar-refractivity contribution in [3.8, 4) is 0 Å². The Morgan fingerprint density at radius 1 is 1.73 bits per heavy atom. The Hall–Kier alpha value is -0.520. The van der Waals surface area contributed by atoms with E-state index in [0.717, 1.165) is 19.5 Å². The van der Waals surface area contributed by atoms with Gasteiger partial charge in [0.1, 0.15) is 0 Å². The number of methoxy groups -OCH3 is 1. The normalized spacial score (nSPS) is 18.7. The van der Waals surface area contributed by atoms with Crippen LogP contribution < -0.4 is 0 Å². The van der Waals surface area contributed by atoms with Gasteiger partial charge in [0.15, 0.2) is 0 Å². The lowest BCUT2D eigenvalue weighted by Gasteiger charge is -2.36. The van der Waals surface area contributed by atoms with E-state index in [0.29, 0.717) is 3.92 Å². The highest BCUT2D eigenvalue weighted by Gasteiger charge is 2.31. The molecule has 1 aliphatic heterocycles. The molecule has 1 aliphatic rings. The molecule has 4 heteroatoms. The molecule has 0 saturated carbocycles. The summed E-state index contributed by atoms with van der Waals surface area (Å²) in [5.41, 5.74) is 0. The summed E-state index contributed by atoms with van der Waals surface area (Å²) in [5.74, 6) is -0.0384. The molecule has 84 valence electrons. The first-order valence-corrected chi connectivity index (χ1v) is 6.17. The van der Waals surface area contributed by atoms with Gasteiger partial charge in [-0.05, 0) is 12.6 Å². The first-order chi connectivity index (χ1) is 7.17. The maximum Gasteiger partial charge on any atom is 0.312 e. The summed E-state index contributed by atoms with van der Waals surface area (Å²) in [7, 11) is 1.44. The van der Waals surface area contributed by atoms with Gasteiger partial charge < -0.3 is 9.64 Å². The number of ether oxygens (including phenoxy) is 1. The summed E-state index contributed by atoms with van der Waals surface area (Å²) in [6.07, 6.45) is 7.08. The highest BCUT2D eigenvalue weighted by atomic mass is 127. The zero-order valence-electron chi connectivity index (χ0n) is 8.86. The van der Waals surface area contributed by atoms with Crippen molar-refractivity contribution in [3.05, 3.63) is 24.9 Å². The second-order valence-corrected chi connectivity index (χ2v) is 5.16. The van der Waals surface area contributed by atoms with Gasteiger partial charge in [-0.2, -0.15) is 0 Å². The number of halogens is 1. The van der Waals surface area contributed by atoms with Crippen molar-refractivity contribution in [1.29, 1.82) is 0 Å². The molecule has 3 nitrogen and oxygen atoms in total. The molecular weight excluding hydrogens is 305 g/mol. The lowest BCUT2D eigenvalue weighted by molar-refractivity contribution is -0.150. The van der Waals surface area contributed by atoms with Crippen LogP contribution in [0.5, 0.6) is 0 Å². The van der Waals surface area contributed by atoms with Crippen molar-refractivity contribution in [2.24, 2.45) is 5.92 Å². The zero-order chi connectivity index (χ0) is 11.3. The van der Waals surface area contributed by atoms with E-state index in [2.05, 4.69) is 51.1 Å². The third-order valence-corrected chi connectivity index (χ3v) is 3.27. The topological polar surface area (TPSA) is 29.5 Å². The summed E-state index contributed by atoms with van der Waals surface area (Å²) >= 11 is 2.36. The molecule has 0 aromatic heterocycles. The highest BCUT2D eigenvalue weighted by Crippen LogP contribution is 2.18. The molecule has 1 unspecified atom stereocenters. The fourth-order valence-electron chi connectivity index (χ4n) is 1.40. The monoisotopic (exact) mass is 321 g/mol. The van der Waals surface area contributed by atoms with Crippen LogP contribution in [-0.2, 0) is 9.53 Å². The Labute approximate surface area is 104 Å². The molecule has 1 atom stereocenters. The third-order valence-electron chi connectivity index (χ3n) is 2.34. The van der Waals surface area contributed by atoms with Crippen LogP contribution in [0.15, 0.2) is 24.9 Å². The van der Waals surface area contributed by atoms with Crippen LogP contribution in [-0.4, -0.2) is 35.0 Å². The number of rotatable bonds is 5. The molecule has 0 bridgehead atoms. The minimum absolute atomic E-state index is 0.0618. The van der Waals surface area contributed by atoms with Crippen molar-refractivity contribution < 1.29 is 9.53 Å². The molecule has 1 fully saturated rings. The van der Waals surface area contributed by atoms with Crippen LogP contribution in [0.25, 0.3) is 0 Å². The van der Waals surface area contributed by atoms with Crippen molar-refractivity contribution in [1.82, 2.24) is 4.90 Å². The summed E-state index contributed by atoms with van der Waals surface area (Å²) < 4.78 is 5.15. The molecular formula is C11H16INO2. The second kappa shape index (κ2) is 6.15. The lowest BCUT2D eigenvalue weighted by Crippen LogP contribution is -2.47. The van der Waals surface area contributed by atoms with Crippen molar-refractivity contribution in [2.45, 2.75) is 10.3 Å². The SMILES string of the molecule is C=CCC(I)/C=C/N1CC(C(=O)OC)C1. The molecule has 1 heterocycles. The zero-order valence-corrected chi connectivity index (χ0v) is 11.0. The number of likely N-dealkylation sites (tertiary alicyclic amines) is 1. The van der Waals surface area contributed by atoms with Crippen LogP contribution in [0.2, 0.25) is 0 Å². The Morgan fingerprint density at radius 2 is 2.40 bits per heavy atom. The van der Waals surface area contributed by atoms with Crippen molar-refractivity contribution in [3.63, 3.8) is 0 Å².